The van der Waals surface area contributed by atoms with E-state index in [2.05, 4.69) is 31.8 Å². The van der Waals surface area contributed by atoms with Gasteiger partial charge in [0.15, 0.2) is 0 Å². The summed E-state index contributed by atoms with van der Waals surface area (Å²) in [5.41, 5.74) is 0. The van der Waals surface area contributed by atoms with Gasteiger partial charge in [0.1, 0.15) is 0 Å². The number of thioether (sulfide) groups is 1. The van der Waals surface area contributed by atoms with Crippen LogP contribution in [-0.4, -0.2) is 53.7 Å². The summed E-state index contributed by atoms with van der Waals surface area (Å²) in [6.45, 7) is 4.27. The van der Waals surface area contributed by atoms with Gasteiger partial charge in [0.25, 0.3) is 0 Å². The maximum Gasteiger partial charge on any atom is 0.223 e. The van der Waals surface area contributed by atoms with Crippen molar-refractivity contribution < 1.29 is 4.79 Å². The molecule has 0 aromatic heterocycles. The first-order valence-electron chi connectivity index (χ1n) is 8.13. The number of benzene rings is 1. The van der Waals surface area contributed by atoms with Gasteiger partial charge in [-0.25, -0.2) is 0 Å². The monoisotopic (exact) mass is 382 g/mol. The number of halogens is 1. The van der Waals surface area contributed by atoms with E-state index in [1.807, 2.05) is 18.2 Å². The summed E-state index contributed by atoms with van der Waals surface area (Å²) in [4.78, 5) is 18.4. The van der Waals surface area contributed by atoms with E-state index in [-0.39, 0.29) is 0 Å². The summed E-state index contributed by atoms with van der Waals surface area (Å²) in [7, 11) is 0. The largest absolute Gasteiger partial charge is 0.341 e. The number of carbonyl (C=O) groups excluding carboxylic acids is 1. The van der Waals surface area contributed by atoms with Crippen molar-refractivity contribution in [1.29, 1.82) is 0 Å². The van der Waals surface area contributed by atoms with E-state index in [9.17, 15) is 4.79 Å². The molecule has 2 saturated heterocycles. The molecule has 0 spiro atoms. The smallest absolute Gasteiger partial charge is 0.223 e. The molecule has 2 aliphatic rings. The second-order valence-corrected chi connectivity index (χ2v) is 8.05. The van der Waals surface area contributed by atoms with Gasteiger partial charge >= 0.3 is 0 Å². The number of rotatable bonds is 4. The summed E-state index contributed by atoms with van der Waals surface area (Å²) in [6.07, 6.45) is 4.32. The molecule has 120 valence electrons. The molecule has 1 aromatic rings. The van der Waals surface area contributed by atoms with Gasteiger partial charge in [-0.3, -0.25) is 9.69 Å². The lowest BCUT2D eigenvalue weighted by Gasteiger charge is -2.25. The lowest BCUT2D eigenvalue weighted by molar-refractivity contribution is -0.131. The average Bonchev–Trinajstić information content (AvgIpc) is 2.86. The molecule has 0 radical (unpaired) electrons. The van der Waals surface area contributed by atoms with Gasteiger partial charge in [0.05, 0.1) is 0 Å². The van der Waals surface area contributed by atoms with Crippen molar-refractivity contribution in [3.63, 3.8) is 0 Å². The third-order valence-electron chi connectivity index (χ3n) is 4.57. The van der Waals surface area contributed by atoms with Crippen molar-refractivity contribution in [3.8, 4) is 0 Å². The Labute approximate surface area is 145 Å². The molecular weight excluding hydrogens is 360 g/mol. The van der Waals surface area contributed by atoms with Gasteiger partial charge in [-0.2, -0.15) is 0 Å². The zero-order valence-electron chi connectivity index (χ0n) is 12.8. The average molecular weight is 383 g/mol. The van der Waals surface area contributed by atoms with Gasteiger partial charge in [-0.1, -0.05) is 12.1 Å². The lowest BCUT2D eigenvalue weighted by atomic mass is 10.2. The minimum absolute atomic E-state index is 0.327. The highest BCUT2D eigenvalue weighted by Gasteiger charge is 2.30. The van der Waals surface area contributed by atoms with Crippen LogP contribution in [0.5, 0.6) is 0 Å². The van der Waals surface area contributed by atoms with E-state index in [1.165, 1.54) is 30.8 Å². The highest BCUT2D eigenvalue weighted by atomic mass is 79.9. The summed E-state index contributed by atoms with van der Waals surface area (Å²) in [5, 5.41) is 0. The van der Waals surface area contributed by atoms with Crippen molar-refractivity contribution in [2.24, 2.45) is 0 Å². The second-order valence-electron chi connectivity index (χ2n) is 6.05. The fraction of sp³-hybridized carbons (Fsp3) is 0.588. The molecule has 0 bridgehead atoms. The highest BCUT2D eigenvalue weighted by molar-refractivity contribution is 9.10. The van der Waals surface area contributed by atoms with Crippen LogP contribution in [0.2, 0.25) is 0 Å². The minimum Gasteiger partial charge on any atom is -0.341 e. The molecule has 22 heavy (non-hydrogen) atoms. The molecule has 3 rings (SSSR count). The van der Waals surface area contributed by atoms with Crippen molar-refractivity contribution in [3.05, 3.63) is 28.7 Å². The Morgan fingerprint density at radius 1 is 1.23 bits per heavy atom. The molecule has 2 fully saturated rings. The first-order chi connectivity index (χ1) is 10.7. The fourth-order valence-electron chi connectivity index (χ4n) is 3.40. The minimum atomic E-state index is 0.327. The standard InChI is InChI=1S/C17H23BrN2OS/c18-15-6-1-2-7-16(15)22-12-8-17(21)20-11-4-10-19-9-3-5-14(19)13-20/h1-2,6-7,14H,3-5,8-13H2. The Morgan fingerprint density at radius 2 is 2.05 bits per heavy atom. The van der Waals surface area contributed by atoms with Crippen LogP contribution in [-0.2, 0) is 4.79 Å². The van der Waals surface area contributed by atoms with Crippen LogP contribution in [0.3, 0.4) is 0 Å². The van der Waals surface area contributed by atoms with Gasteiger partial charge < -0.3 is 4.90 Å². The number of nitrogens with zero attached hydrogens (tertiary/aromatic N) is 2. The number of hydrogen-bond acceptors (Lipinski definition) is 3. The number of amides is 1. The summed E-state index contributed by atoms with van der Waals surface area (Å²) in [5.74, 6) is 1.18. The van der Waals surface area contributed by atoms with Gasteiger partial charge in [-0.05, 0) is 53.9 Å². The van der Waals surface area contributed by atoms with Crippen LogP contribution in [0, 0.1) is 0 Å². The Kier molecular flexibility index (Phi) is 5.83. The molecule has 0 aliphatic carbocycles. The Morgan fingerprint density at radius 3 is 2.91 bits per heavy atom. The molecule has 2 aliphatic heterocycles. The van der Waals surface area contributed by atoms with Crippen LogP contribution in [0.15, 0.2) is 33.6 Å². The predicted molar refractivity (Wildman–Crippen MR) is 95.3 cm³/mol. The van der Waals surface area contributed by atoms with E-state index in [4.69, 9.17) is 0 Å². The van der Waals surface area contributed by atoms with Crippen molar-refractivity contribution in [2.75, 3.05) is 31.9 Å². The molecule has 0 saturated carbocycles. The maximum absolute atomic E-state index is 12.5. The van der Waals surface area contributed by atoms with Crippen LogP contribution in [0.1, 0.15) is 25.7 Å². The Bertz CT molecular complexity index is 525. The Balaban J connectivity index is 1.48. The maximum atomic E-state index is 12.5. The zero-order chi connectivity index (χ0) is 15.4. The van der Waals surface area contributed by atoms with Crippen molar-refractivity contribution in [1.82, 2.24) is 9.80 Å². The van der Waals surface area contributed by atoms with E-state index in [0.29, 0.717) is 18.4 Å². The molecule has 1 amide bonds. The fourth-order valence-corrected chi connectivity index (χ4v) is 4.91. The molecule has 0 N–H and O–H groups in total. The van der Waals surface area contributed by atoms with Crippen LogP contribution < -0.4 is 0 Å². The summed E-state index contributed by atoms with van der Waals surface area (Å²) in [6, 6.07) is 8.82. The topological polar surface area (TPSA) is 23.6 Å². The lowest BCUT2D eigenvalue weighted by Crippen LogP contribution is -2.39. The Hall–Kier alpha value is -0.520. The molecule has 3 nitrogen and oxygen atoms in total. The summed E-state index contributed by atoms with van der Waals surface area (Å²) < 4.78 is 1.11. The highest BCUT2D eigenvalue weighted by Crippen LogP contribution is 2.28. The molecule has 5 heteroatoms. The van der Waals surface area contributed by atoms with E-state index in [0.717, 1.165) is 29.7 Å². The van der Waals surface area contributed by atoms with Crippen LogP contribution in [0.25, 0.3) is 0 Å². The number of carbonyl (C=O) groups is 1. The quantitative estimate of drug-likeness (QED) is 0.742. The third kappa shape index (κ3) is 4.06. The zero-order valence-corrected chi connectivity index (χ0v) is 15.2. The van der Waals surface area contributed by atoms with Crippen molar-refractivity contribution in [2.45, 2.75) is 36.6 Å². The van der Waals surface area contributed by atoms with Crippen molar-refractivity contribution >= 4 is 33.6 Å². The third-order valence-corrected chi connectivity index (χ3v) is 6.60. The first-order valence-corrected chi connectivity index (χ1v) is 9.91. The van der Waals surface area contributed by atoms with Gasteiger partial charge in [0, 0.05) is 47.2 Å². The number of fused-ring (bicyclic) bond motifs is 1. The predicted octanol–water partition coefficient (Wildman–Crippen LogP) is 3.63. The second kappa shape index (κ2) is 7.84. The first kappa shape index (κ1) is 16.3. The molecule has 1 unspecified atom stereocenters. The molecule has 2 heterocycles. The van der Waals surface area contributed by atoms with Gasteiger partial charge in [0.2, 0.25) is 5.91 Å². The van der Waals surface area contributed by atoms with E-state index >= 15 is 0 Å². The number of hydrogen-bond donors (Lipinski definition) is 0. The van der Waals surface area contributed by atoms with Gasteiger partial charge in [-0.15, -0.1) is 11.8 Å². The van der Waals surface area contributed by atoms with E-state index < -0.39 is 0 Å². The normalized spacial score (nSPS) is 22.4. The molecular formula is C17H23BrN2OS. The summed E-state index contributed by atoms with van der Waals surface area (Å²) >= 11 is 5.32. The van der Waals surface area contributed by atoms with Crippen LogP contribution >= 0.6 is 27.7 Å². The SMILES string of the molecule is O=C(CCSc1ccccc1Br)N1CCCN2CCCC2C1. The van der Waals surface area contributed by atoms with E-state index in [1.54, 1.807) is 11.8 Å². The molecule has 1 aromatic carbocycles. The van der Waals surface area contributed by atoms with Crippen LogP contribution in [0.4, 0.5) is 0 Å². The molecule has 1 atom stereocenters.